The number of amides is 1. The van der Waals surface area contributed by atoms with E-state index in [1.165, 1.54) is 6.92 Å². The van der Waals surface area contributed by atoms with Crippen molar-refractivity contribution in [3.05, 3.63) is 0 Å². The largest absolute Gasteiger partial charge is 0.480 e. The van der Waals surface area contributed by atoms with E-state index in [0.29, 0.717) is 6.42 Å². The quantitative estimate of drug-likeness (QED) is 0.605. The summed E-state index contributed by atoms with van der Waals surface area (Å²) >= 11 is 0. The lowest BCUT2D eigenvalue weighted by Crippen LogP contribution is -2.54. The summed E-state index contributed by atoms with van der Waals surface area (Å²) in [6.45, 7) is 3.54. The minimum Gasteiger partial charge on any atom is -0.480 e. The average Bonchev–Trinajstić information content (AvgIpc) is 2.97. The molecular formula is C10H18N2O3. The van der Waals surface area contributed by atoms with Gasteiger partial charge in [0.2, 0.25) is 5.91 Å². The van der Waals surface area contributed by atoms with E-state index in [1.54, 1.807) is 6.92 Å². The molecule has 0 aromatic heterocycles. The number of nitrogens with one attached hydrogen (secondary N) is 1. The molecule has 5 heteroatoms. The van der Waals surface area contributed by atoms with Crippen LogP contribution >= 0.6 is 0 Å². The lowest BCUT2D eigenvalue weighted by atomic mass is 9.96. The highest BCUT2D eigenvalue weighted by molar-refractivity contribution is 5.91. The van der Waals surface area contributed by atoms with E-state index in [-0.39, 0.29) is 12.5 Å². The minimum absolute atomic E-state index is 0.225. The number of nitrogens with two attached hydrogens (primary N) is 1. The number of hydrogen-bond donors (Lipinski definition) is 3. The van der Waals surface area contributed by atoms with Gasteiger partial charge in [0, 0.05) is 6.54 Å². The molecule has 1 amide bonds. The van der Waals surface area contributed by atoms with Crippen molar-refractivity contribution in [2.24, 2.45) is 11.1 Å². The topological polar surface area (TPSA) is 92.4 Å². The van der Waals surface area contributed by atoms with Crippen molar-refractivity contribution < 1.29 is 14.7 Å². The zero-order valence-electron chi connectivity index (χ0n) is 9.17. The van der Waals surface area contributed by atoms with Gasteiger partial charge >= 0.3 is 5.97 Å². The number of carbonyl (C=O) groups excluding carboxylic acids is 1. The molecule has 0 aromatic rings. The molecule has 0 aliphatic heterocycles. The summed E-state index contributed by atoms with van der Waals surface area (Å²) < 4.78 is 0. The van der Waals surface area contributed by atoms with Gasteiger partial charge in [-0.2, -0.15) is 0 Å². The van der Waals surface area contributed by atoms with Crippen LogP contribution in [0.1, 0.15) is 33.1 Å². The maximum absolute atomic E-state index is 11.8. The van der Waals surface area contributed by atoms with Crippen molar-refractivity contribution in [1.29, 1.82) is 0 Å². The van der Waals surface area contributed by atoms with Gasteiger partial charge in [-0.05, 0) is 26.2 Å². The Morgan fingerprint density at radius 2 is 2.07 bits per heavy atom. The smallest absolute Gasteiger partial charge is 0.329 e. The van der Waals surface area contributed by atoms with Crippen LogP contribution in [0.15, 0.2) is 0 Å². The zero-order valence-corrected chi connectivity index (χ0v) is 9.17. The monoisotopic (exact) mass is 214 g/mol. The van der Waals surface area contributed by atoms with Crippen molar-refractivity contribution in [1.82, 2.24) is 5.32 Å². The maximum atomic E-state index is 11.8. The van der Waals surface area contributed by atoms with Crippen molar-refractivity contribution in [2.45, 2.75) is 38.6 Å². The molecule has 4 N–H and O–H groups in total. The minimum atomic E-state index is -1.18. The van der Waals surface area contributed by atoms with E-state index in [9.17, 15) is 9.59 Å². The Labute approximate surface area is 89.0 Å². The fraction of sp³-hybridized carbons (Fsp3) is 0.800. The van der Waals surface area contributed by atoms with Crippen molar-refractivity contribution in [3.8, 4) is 0 Å². The van der Waals surface area contributed by atoms with Crippen molar-refractivity contribution in [2.75, 3.05) is 6.54 Å². The highest BCUT2D eigenvalue weighted by atomic mass is 16.4. The molecular weight excluding hydrogens is 196 g/mol. The highest BCUT2D eigenvalue weighted by Gasteiger charge is 2.50. The van der Waals surface area contributed by atoms with E-state index in [1.807, 2.05) is 0 Å². The van der Waals surface area contributed by atoms with Gasteiger partial charge in [-0.15, -0.1) is 0 Å². The predicted octanol–water partition coefficient (Wildman–Crippen LogP) is 0.0948. The third-order valence-corrected chi connectivity index (χ3v) is 3.29. The number of hydrogen-bond acceptors (Lipinski definition) is 3. The molecule has 0 aromatic carbocycles. The van der Waals surface area contributed by atoms with Crippen LogP contribution in [0.5, 0.6) is 0 Å². The van der Waals surface area contributed by atoms with Gasteiger partial charge in [0.15, 0.2) is 0 Å². The molecule has 0 bridgehead atoms. The second-order valence-electron chi connectivity index (χ2n) is 4.43. The summed E-state index contributed by atoms with van der Waals surface area (Å²) in [5, 5.41) is 11.6. The van der Waals surface area contributed by atoms with Gasteiger partial charge < -0.3 is 16.2 Å². The van der Waals surface area contributed by atoms with Crippen molar-refractivity contribution in [3.63, 3.8) is 0 Å². The lowest BCUT2D eigenvalue weighted by molar-refractivity contribution is -0.147. The average molecular weight is 214 g/mol. The molecule has 0 spiro atoms. The van der Waals surface area contributed by atoms with Crippen LogP contribution in [0.3, 0.4) is 0 Å². The van der Waals surface area contributed by atoms with E-state index in [0.717, 1.165) is 12.8 Å². The van der Waals surface area contributed by atoms with E-state index in [2.05, 4.69) is 5.32 Å². The van der Waals surface area contributed by atoms with Gasteiger partial charge in [0.05, 0.1) is 5.41 Å². The van der Waals surface area contributed by atoms with Gasteiger partial charge in [-0.3, -0.25) is 4.79 Å². The third-order valence-electron chi connectivity index (χ3n) is 3.29. The Morgan fingerprint density at radius 1 is 1.53 bits per heavy atom. The number of aliphatic carboxylic acids is 1. The zero-order chi connectivity index (χ0) is 11.7. The number of carboxylic acids is 1. The standard InChI is InChI=1S/C10H18N2O3/c1-3-9(2,8(14)15)12-7(13)10(6-11)4-5-10/h3-6,11H2,1-2H3,(H,12,13)(H,14,15). The van der Waals surface area contributed by atoms with Crippen molar-refractivity contribution >= 4 is 11.9 Å². The molecule has 1 fully saturated rings. The number of carbonyl (C=O) groups is 2. The normalized spacial score (nSPS) is 21.5. The first-order valence-corrected chi connectivity index (χ1v) is 5.16. The molecule has 0 heterocycles. The Bertz CT molecular complexity index is 286. The Balaban J connectivity index is 2.68. The Morgan fingerprint density at radius 3 is 2.33 bits per heavy atom. The number of carboxylic acid groups (broad SMARTS) is 1. The molecule has 0 radical (unpaired) electrons. The molecule has 1 aliphatic carbocycles. The summed E-state index contributed by atoms with van der Waals surface area (Å²) in [6, 6.07) is 0. The van der Waals surface area contributed by atoms with Crippen LogP contribution in [0.25, 0.3) is 0 Å². The van der Waals surface area contributed by atoms with E-state index < -0.39 is 16.9 Å². The fourth-order valence-corrected chi connectivity index (χ4v) is 1.35. The van der Waals surface area contributed by atoms with Crippen LogP contribution in [0.4, 0.5) is 0 Å². The predicted molar refractivity (Wildman–Crippen MR) is 55.2 cm³/mol. The lowest BCUT2D eigenvalue weighted by Gasteiger charge is -2.27. The van der Waals surface area contributed by atoms with Crippen LogP contribution in [-0.4, -0.2) is 29.1 Å². The fourth-order valence-electron chi connectivity index (χ4n) is 1.35. The molecule has 1 aliphatic rings. The number of rotatable bonds is 5. The van der Waals surface area contributed by atoms with Gasteiger partial charge in [-0.1, -0.05) is 6.92 Å². The SMILES string of the molecule is CCC(C)(NC(=O)C1(CN)CC1)C(=O)O. The second kappa shape index (κ2) is 3.81. The van der Waals surface area contributed by atoms with Crippen LogP contribution in [0, 0.1) is 5.41 Å². The molecule has 86 valence electrons. The molecule has 1 unspecified atom stereocenters. The van der Waals surface area contributed by atoms with E-state index in [4.69, 9.17) is 10.8 Å². The summed E-state index contributed by atoms with van der Waals surface area (Å²) in [5.74, 6) is -1.23. The molecule has 15 heavy (non-hydrogen) atoms. The highest BCUT2D eigenvalue weighted by Crippen LogP contribution is 2.45. The summed E-state index contributed by atoms with van der Waals surface area (Å²) in [6.07, 6.45) is 1.87. The Kier molecular flexibility index (Phi) is 3.04. The Hall–Kier alpha value is -1.10. The molecule has 0 saturated heterocycles. The van der Waals surface area contributed by atoms with Gasteiger partial charge in [0.1, 0.15) is 5.54 Å². The first-order valence-electron chi connectivity index (χ1n) is 5.16. The third kappa shape index (κ3) is 2.12. The van der Waals surface area contributed by atoms with Gasteiger partial charge in [-0.25, -0.2) is 4.79 Å². The van der Waals surface area contributed by atoms with Gasteiger partial charge in [0.25, 0.3) is 0 Å². The summed E-state index contributed by atoms with van der Waals surface area (Å²) in [5.41, 5.74) is 3.82. The molecule has 1 rings (SSSR count). The molecule has 5 nitrogen and oxygen atoms in total. The first-order chi connectivity index (χ1) is 6.90. The maximum Gasteiger partial charge on any atom is 0.329 e. The van der Waals surface area contributed by atoms with Crippen LogP contribution < -0.4 is 11.1 Å². The van der Waals surface area contributed by atoms with E-state index >= 15 is 0 Å². The summed E-state index contributed by atoms with van der Waals surface area (Å²) in [4.78, 5) is 22.8. The molecule has 1 atom stereocenters. The first kappa shape index (κ1) is 12.0. The van der Waals surface area contributed by atoms with Crippen LogP contribution in [-0.2, 0) is 9.59 Å². The van der Waals surface area contributed by atoms with Crippen LogP contribution in [0.2, 0.25) is 0 Å². The second-order valence-corrected chi connectivity index (χ2v) is 4.43. The molecule has 1 saturated carbocycles. The summed E-state index contributed by atoms with van der Waals surface area (Å²) in [7, 11) is 0.